The Bertz CT molecular complexity index is 949. The first-order chi connectivity index (χ1) is 11.0. The number of carbonyl (C=O) groups is 1. The molecule has 5 nitrogen and oxygen atoms in total. The fraction of sp³-hybridized carbons (Fsp3) is 0.222. The van der Waals surface area contributed by atoms with Gasteiger partial charge >= 0.3 is 11.7 Å². The van der Waals surface area contributed by atoms with Crippen LogP contribution in [0.5, 0.6) is 0 Å². The summed E-state index contributed by atoms with van der Waals surface area (Å²) in [5.41, 5.74) is 4.74. The average Bonchev–Trinajstić information content (AvgIpc) is 2.84. The van der Waals surface area contributed by atoms with Crippen LogP contribution in [0.2, 0.25) is 0 Å². The molecule has 0 radical (unpaired) electrons. The zero-order chi connectivity index (χ0) is 16.6. The third-order valence-electron chi connectivity index (χ3n) is 3.92. The molecule has 2 aromatic carbocycles. The summed E-state index contributed by atoms with van der Waals surface area (Å²) in [7, 11) is 1.31. The minimum atomic E-state index is -0.461. The fourth-order valence-electron chi connectivity index (χ4n) is 2.65. The molecule has 0 N–H and O–H groups in total. The summed E-state index contributed by atoms with van der Waals surface area (Å²) < 4.78 is 11.5. The Hall–Kier alpha value is -2.82. The highest BCUT2D eigenvalue weighted by Gasteiger charge is 2.14. The van der Waals surface area contributed by atoms with Gasteiger partial charge in [-0.25, -0.2) is 9.59 Å². The highest BCUT2D eigenvalue weighted by molar-refractivity contribution is 5.93. The standard InChI is InChI=1S/C18H17NO4/c1-11-4-5-14(12(2)8-11)10-19-15-7-6-13(17(20)22-3)9-16(15)23-18(19)21/h4-9H,10H2,1-3H3. The van der Waals surface area contributed by atoms with E-state index in [1.165, 1.54) is 18.7 Å². The van der Waals surface area contributed by atoms with Crippen LogP contribution < -0.4 is 5.76 Å². The molecule has 0 amide bonds. The van der Waals surface area contributed by atoms with Crippen LogP contribution in [-0.2, 0) is 11.3 Å². The van der Waals surface area contributed by atoms with Crippen LogP contribution >= 0.6 is 0 Å². The summed E-state index contributed by atoms with van der Waals surface area (Å²) in [6.07, 6.45) is 0. The second kappa shape index (κ2) is 5.76. The molecule has 0 saturated carbocycles. The van der Waals surface area contributed by atoms with Crippen molar-refractivity contribution in [3.8, 4) is 0 Å². The highest BCUT2D eigenvalue weighted by Crippen LogP contribution is 2.18. The molecule has 0 unspecified atom stereocenters. The minimum absolute atomic E-state index is 0.354. The van der Waals surface area contributed by atoms with Gasteiger partial charge in [0.25, 0.3) is 0 Å². The monoisotopic (exact) mass is 311 g/mol. The van der Waals surface area contributed by atoms with Crippen LogP contribution in [0.4, 0.5) is 0 Å². The number of esters is 1. The zero-order valence-electron chi connectivity index (χ0n) is 13.3. The molecule has 23 heavy (non-hydrogen) atoms. The molecular formula is C18H17NO4. The van der Waals surface area contributed by atoms with Crippen molar-refractivity contribution in [1.82, 2.24) is 4.57 Å². The van der Waals surface area contributed by atoms with Crippen LogP contribution in [0, 0.1) is 13.8 Å². The third kappa shape index (κ3) is 2.77. The summed E-state index contributed by atoms with van der Waals surface area (Å²) in [5.74, 6) is -0.904. The SMILES string of the molecule is COC(=O)c1ccc2c(c1)oc(=O)n2Cc1ccc(C)cc1C. The topological polar surface area (TPSA) is 61.4 Å². The Morgan fingerprint density at radius 2 is 1.96 bits per heavy atom. The second-order valence-electron chi connectivity index (χ2n) is 5.56. The predicted molar refractivity (Wildman–Crippen MR) is 86.8 cm³/mol. The number of hydrogen-bond donors (Lipinski definition) is 0. The second-order valence-corrected chi connectivity index (χ2v) is 5.56. The molecule has 3 aromatic rings. The third-order valence-corrected chi connectivity index (χ3v) is 3.92. The highest BCUT2D eigenvalue weighted by atomic mass is 16.5. The summed E-state index contributed by atoms with van der Waals surface area (Å²) in [5, 5.41) is 0. The number of methoxy groups -OCH3 is 1. The van der Waals surface area contributed by atoms with Gasteiger partial charge < -0.3 is 9.15 Å². The van der Waals surface area contributed by atoms with E-state index in [1.807, 2.05) is 26.0 Å². The molecule has 1 heterocycles. The molecule has 0 bridgehead atoms. The van der Waals surface area contributed by atoms with E-state index < -0.39 is 11.7 Å². The first-order valence-electron chi connectivity index (χ1n) is 7.27. The Labute approximate surface area is 133 Å². The van der Waals surface area contributed by atoms with Crippen molar-refractivity contribution in [2.75, 3.05) is 7.11 Å². The lowest BCUT2D eigenvalue weighted by molar-refractivity contribution is 0.0601. The van der Waals surface area contributed by atoms with E-state index in [-0.39, 0.29) is 0 Å². The van der Waals surface area contributed by atoms with Gasteiger partial charge in [-0.15, -0.1) is 0 Å². The van der Waals surface area contributed by atoms with Gasteiger partial charge in [0.1, 0.15) is 0 Å². The molecule has 0 spiro atoms. The predicted octanol–water partition coefficient (Wildman–Crippen LogP) is 3.05. The lowest BCUT2D eigenvalue weighted by Gasteiger charge is -2.07. The summed E-state index contributed by atoms with van der Waals surface area (Å²) in [6, 6.07) is 11.0. The van der Waals surface area contributed by atoms with Crippen LogP contribution in [-0.4, -0.2) is 17.6 Å². The molecule has 0 aliphatic carbocycles. The lowest BCUT2D eigenvalue weighted by Crippen LogP contribution is -2.15. The Balaban J connectivity index is 2.06. The Morgan fingerprint density at radius 3 is 2.65 bits per heavy atom. The fourth-order valence-corrected chi connectivity index (χ4v) is 2.65. The molecule has 3 rings (SSSR count). The lowest BCUT2D eigenvalue weighted by atomic mass is 10.1. The number of nitrogens with zero attached hydrogens (tertiary/aromatic N) is 1. The molecule has 0 saturated heterocycles. The van der Waals surface area contributed by atoms with Gasteiger partial charge in [0.2, 0.25) is 0 Å². The maximum absolute atomic E-state index is 12.2. The normalized spacial score (nSPS) is 10.9. The number of oxazole rings is 1. The number of aromatic nitrogens is 1. The summed E-state index contributed by atoms with van der Waals surface area (Å²) >= 11 is 0. The number of aryl methyl sites for hydroxylation is 2. The first-order valence-corrected chi connectivity index (χ1v) is 7.27. The van der Waals surface area contributed by atoms with E-state index >= 15 is 0 Å². The molecule has 0 aliphatic heterocycles. The van der Waals surface area contributed by atoms with Gasteiger partial charge in [0.15, 0.2) is 5.58 Å². The number of rotatable bonds is 3. The molecule has 1 aromatic heterocycles. The zero-order valence-corrected chi connectivity index (χ0v) is 13.3. The van der Waals surface area contributed by atoms with Crippen LogP contribution in [0.15, 0.2) is 45.6 Å². The molecule has 5 heteroatoms. The average molecular weight is 311 g/mol. The maximum atomic E-state index is 12.2. The maximum Gasteiger partial charge on any atom is 0.420 e. The van der Waals surface area contributed by atoms with Crippen molar-refractivity contribution in [3.63, 3.8) is 0 Å². The Kier molecular flexibility index (Phi) is 3.78. The van der Waals surface area contributed by atoms with E-state index in [0.717, 1.165) is 11.1 Å². The first kappa shape index (κ1) is 15.1. The van der Waals surface area contributed by atoms with Gasteiger partial charge in [-0.1, -0.05) is 23.8 Å². The van der Waals surface area contributed by atoms with Crippen molar-refractivity contribution < 1.29 is 13.9 Å². The molecular weight excluding hydrogens is 294 g/mol. The molecule has 0 atom stereocenters. The van der Waals surface area contributed by atoms with E-state index in [0.29, 0.717) is 23.2 Å². The van der Waals surface area contributed by atoms with Gasteiger partial charge in [0.05, 0.1) is 24.7 Å². The number of ether oxygens (including phenoxy) is 1. The number of fused-ring (bicyclic) bond motifs is 1. The quantitative estimate of drug-likeness (QED) is 0.698. The van der Waals surface area contributed by atoms with Gasteiger partial charge in [0, 0.05) is 0 Å². The van der Waals surface area contributed by atoms with Gasteiger partial charge in [-0.05, 0) is 43.2 Å². The van der Waals surface area contributed by atoms with Crippen LogP contribution in [0.3, 0.4) is 0 Å². The van der Waals surface area contributed by atoms with Crippen molar-refractivity contribution in [2.45, 2.75) is 20.4 Å². The van der Waals surface area contributed by atoms with E-state index in [2.05, 4.69) is 10.8 Å². The number of carbonyl (C=O) groups excluding carboxylic acids is 1. The van der Waals surface area contributed by atoms with E-state index in [4.69, 9.17) is 4.42 Å². The Morgan fingerprint density at radius 1 is 1.17 bits per heavy atom. The molecule has 0 fully saturated rings. The van der Waals surface area contributed by atoms with Crippen molar-refractivity contribution in [3.05, 3.63) is 69.2 Å². The van der Waals surface area contributed by atoms with Crippen LogP contribution in [0.1, 0.15) is 27.0 Å². The number of hydrogen-bond acceptors (Lipinski definition) is 4. The van der Waals surface area contributed by atoms with E-state index in [1.54, 1.807) is 16.7 Å². The summed E-state index contributed by atoms with van der Waals surface area (Å²) in [6.45, 7) is 4.48. The van der Waals surface area contributed by atoms with E-state index in [9.17, 15) is 9.59 Å². The minimum Gasteiger partial charge on any atom is -0.465 e. The molecule has 118 valence electrons. The molecule has 0 aliphatic rings. The smallest absolute Gasteiger partial charge is 0.420 e. The van der Waals surface area contributed by atoms with Crippen molar-refractivity contribution in [1.29, 1.82) is 0 Å². The van der Waals surface area contributed by atoms with Crippen molar-refractivity contribution >= 4 is 17.1 Å². The number of benzene rings is 2. The van der Waals surface area contributed by atoms with Crippen molar-refractivity contribution in [2.24, 2.45) is 0 Å². The van der Waals surface area contributed by atoms with Crippen LogP contribution in [0.25, 0.3) is 11.1 Å². The van der Waals surface area contributed by atoms with Gasteiger partial charge in [-0.2, -0.15) is 0 Å². The largest absolute Gasteiger partial charge is 0.465 e. The van der Waals surface area contributed by atoms with Gasteiger partial charge in [-0.3, -0.25) is 4.57 Å². The summed E-state index contributed by atoms with van der Waals surface area (Å²) in [4.78, 5) is 23.7.